The number of ether oxygens (including phenoxy) is 2. The first-order chi connectivity index (χ1) is 12.0. The van der Waals surface area contributed by atoms with Crippen LogP contribution in [0.4, 0.5) is 0 Å². The van der Waals surface area contributed by atoms with E-state index in [9.17, 15) is 0 Å². The fourth-order valence-electron chi connectivity index (χ4n) is 2.80. The second-order valence-corrected chi connectivity index (χ2v) is 7.01. The zero-order valence-electron chi connectivity index (χ0n) is 16.0. The lowest BCUT2D eigenvalue weighted by molar-refractivity contribution is 0.273. The summed E-state index contributed by atoms with van der Waals surface area (Å²) < 4.78 is 11.3. The predicted octanol–water partition coefficient (Wildman–Crippen LogP) is 5.06. The summed E-state index contributed by atoms with van der Waals surface area (Å²) in [6.07, 6.45) is 5.26. The van der Waals surface area contributed by atoms with Crippen molar-refractivity contribution in [2.75, 3.05) is 13.7 Å². The van der Waals surface area contributed by atoms with Gasteiger partial charge in [-0.05, 0) is 30.4 Å². The summed E-state index contributed by atoms with van der Waals surface area (Å²) in [7, 11) is 1.58. The van der Waals surface area contributed by atoms with Crippen molar-refractivity contribution in [2.24, 2.45) is 11.8 Å². The van der Waals surface area contributed by atoms with Crippen LogP contribution in [0.2, 0.25) is 0 Å². The molecule has 0 aromatic heterocycles. The smallest absolute Gasteiger partial charge is 0.124 e. The van der Waals surface area contributed by atoms with Gasteiger partial charge in [0.25, 0.3) is 0 Å². The van der Waals surface area contributed by atoms with Crippen molar-refractivity contribution in [3.63, 3.8) is 0 Å². The summed E-state index contributed by atoms with van der Waals surface area (Å²) >= 11 is 0. The van der Waals surface area contributed by atoms with Gasteiger partial charge in [-0.15, -0.1) is 0 Å². The molecule has 0 saturated carbocycles. The Hall–Kier alpha value is -2.20. The first-order valence-corrected chi connectivity index (χ1v) is 9.08. The van der Waals surface area contributed by atoms with Crippen LogP contribution in [0.15, 0.2) is 12.1 Å². The summed E-state index contributed by atoms with van der Waals surface area (Å²) in [5.74, 6) is 2.72. The maximum Gasteiger partial charge on any atom is 0.124 e. The van der Waals surface area contributed by atoms with Gasteiger partial charge in [0.05, 0.1) is 38.7 Å². The molecule has 0 unspecified atom stereocenters. The fraction of sp³-hybridized carbons (Fsp3) is 0.619. The minimum Gasteiger partial charge on any atom is -0.496 e. The molecule has 0 fully saturated rings. The van der Waals surface area contributed by atoms with E-state index in [-0.39, 0.29) is 12.8 Å². The lowest BCUT2D eigenvalue weighted by Gasteiger charge is -2.16. The third-order valence-electron chi connectivity index (χ3n) is 4.35. The molecule has 0 amide bonds. The number of hydrogen-bond donors (Lipinski definition) is 0. The van der Waals surface area contributed by atoms with Crippen molar-refractivity contribution in [3.8, 4) is 23.6 Å². The summed E-state index contributed by atoms with van der Waals surface area (Å²) in [6.45, 7) is 7.40. The molecule has 136 valence electrons. The van der Waals surface area contributed by atoms with Crippen molar-refractivity contribution in [1.29, 1.82) is 10.5 Å². The Balaban J connectivity index is 2.68. The molecule has 25 heavy (non-hydrogen) atoms. The van der Waals surface area contributed by atoms with E-state index in [1.165, 1.54) is 19.3 Å². The van der Waals surface area contributed by atoms with Gasteiger partial charge in [0.15, 0.2) is 0 Å². The maximum atomic E-state index is 9.04. The van der Waals surface area contributed by atoms with E-state index in [0.29, 0.717) is 24.0 Å². The Morgan fingerprint density at radius 2 is 1.52 bits per heavy atom. The van der Waals surface area contributed by atoms with Crippen LogP contribution in [0.25, 0.3) is 0 Å². The van der Waals surface area contributed by atoms with Gasteiger partial charge in [-0.1, -0.05) is 40.0 Å². The van der Waals surface area contributed by atoms with Crippen LogP contribution in [0.5, 0.6) is 11.5 Å². The summed E-state index contributed by atoms with van der Waals surface area (Å²) in [5.41, 5.74) is 1.61. The molecule has 0 aliphatic heterocycles. The molecular weight excluding hydrogens is 312 g/mol. The van der Waals surface area contributed by atoms with Gasteiger partial charge >= 0.3 is 0 Å². The normalized spacial score (nSPS) is 11.6. The molecule has 4 nitrogen and oxygen atoms in total. The lowest BCUT2D eigenvalue weighted by atomic mass is 9.97. The topological polar surface area (TPSA) is 66.0 Å². The van der Waals surface area contributed by atoms with E-state index in [1.54, 1.807) is 7.11 Å². The molecule has 1 atom stereocenters. The van der Waals surface area contributed by atoms with Crippen LogP contribution >= 0.6 is 0 Å². The molecule has 1 rings (SSSR count). The third kappa shape index (κ3) is 7.48. The van der Waals surface area contributed by atoms with Crippen LogP contribution in [0.1, 0.15) is 57.6 Å². The van der Waals surface area contributed by atoms with E-state index < -0.39 is 0 Å². The molecule has 0 radical (unpaired) electrons. The lowest BCUT2D eigenvalue weighted by Crippen LogP contribution is -2.07. The van der Waals surface area contributed by atoms with Gasteiger partial charge in [-0.3, -0.25) is 0 Å². The molecule has 0 aliphatic rings. The summed E-state index contributed by atoms with van der Waals surface area (Å²) in [5, 5.41) is 18.0. The first-order valence-electron chi connectivity index (χ1n) is 9.08. The zero-order valence-corrected chi connectivity index (χ0v) is 16.0. The third-order valence-corrected chi connectivity index (χ3v) is 4.35. The average molecular weight is 342 g/mol. The summed E-state index contributed by atoms with van der Waals surface area (Å²) in [4.78, 5) is 0. The van der Waals surface area contributed by atoms with Crippen molar-refractivity contribution in [1.82, 2.24) is 0 Å². The maximum absolute atomic E-state index is 9.04. The van der Waals surface area contributed by atoms with Crippen molar-refractivity contribution in [3.05, 3.63) is 23.3 Å². The number of nitriles is 2. The second-order valence-electron chi connectivity index (χ2n) is 7.01. The number of rotatable bonds is 11. The number of nitrogens with zero attached hydrogens (tertiary/aromatic N) is 2. The largest absolute Gasteiger partial charge is 0.496 e. The van der Waals surface area contributed by atoms with Crippen molar-refractivity contribution in [2.45, 2.75) is 59.3 Å². The Bertz CT molecular complexity index is 612. The van der Waals surface area contributed by atoms with Gasteiger partial charge < -0.3 is 9.47 Å². The Kier molecular flexibility index (Phi) is 9.48. The Morgan fingerprint density at radius 1 is 0.920 bits per heavy atom. The highest BCUT2D eigenvalue weighted by molar-refractivity contribution is 5.48. The van der Waals surface area contributed by atoms with Crippen LogP contribution < -0.4 is 9.47 Å². The fourth-order valence-corrected chi connectivity index (χ4v) is 2.80. The molecule has 0 heterocycles. The summed E-state index contributed by atoms with van der Waals surface area (Å²) in [6, 6.07) is 7.97. The molecule has 0 spiro atoms. The van der Waals surface area contributed by atoms with Crippen LogP contribution in [0, 0.1) is 34.5 Å². The van der Waals surface area contributed by atoms with Gasteiger partial charge in [0.1, 0.15) is 11.5 Å². The Labute approximate surface area is 152 Å². The van der Waals surface area contributed by atoms with E-state index in [4.69, 9.17) is 20.0 Å². The molecule has 0 N–H and O–H groups in total. The standard InChI is InChI=1S/C21H30N2O2/c1-16(2)6-5-7-17(3)10-13-25-21-15-18(8-11-22)20(24-4)14-19(21)9-12-23/h14-17H,5-10,13H2,1-4H3/t17-/m0/s1. The van der Waals surface area contributed by atoms with E-state index in [0.717, 1.165) is 23.5 Å². The van der Waals surface area contributed by atoms with Gasteiger partial charge in [-0.2, -0.15) is 10.5 Å². The number of hydrogen-bond acceptors (Lipinski definition) is 4. The first kappa shape index (κ1) is 20.8. The molecule has 0 bridgehead atoms. The van der Waals surface area contributed by atoms with Gasteiger partial charge in [0, 0.05) is 11.1 Å². The van der Waals surface area contributed by atoms with Crippen molar-refractivity contribution >= 4 is 0 Å². The Morgan fingerprint density at radius 3 is 2.08 bits per heavy atom. The minimum atomic E-state index is 0.262. The molecule has 0 saturated heterocycles. The number of methoxy groups -OCH3 is 1. The molecule has 0 aliphatic carbocycles. The van der Waals surface area contributed by atoms with Crippen LogP contribution in [-0.2, 0) is 12.8 Å². The predicted molar refractivity (Wildman–Crippen MR) is 99.6 cm³/mol. The van der Waals surface area contributed by atoms with E-state index in [2.05, 4.69) is 32.9 Å². The highest BCUT2D eigenvalue weighted by atomic mass is 16.5. The molecule has 1 aromatic carbocycles. The van der Waals surface area contributed by atoms with Crippen molar-refractivity contribution < 1.29 is 9.47 Å². The van der Waals surface area contributed by atoms with E-state index in [1.807, 2.05) is 12.1 Å². The quantitative estimate of drug-likeness (QED) is 0.564. The average Bonchev–Trinajstić information content (AvgIpc) is 2.56. The molecule has 4 heteroatoms. The van der Waals surface area contributed by atoms with Crippen LogP contribution in [-0.4, -0.2) is 13.7 Å². The van der Waals surface area contributed by atoms with E-state index >= 15 is 0 Å². The number of benzene rings is 1. The SMILES string of the molecule is COc1cc(CC#N)c(OCC[C@@H](C)CCCC(C)C)cc1CC#N. The highest BCUT2D eigenvalue weighted by Gasteiger charge is 2.12. The molecular formula is C21H30N2O2. The molecule has 1 aromatic rings. The van der Waals surface area contributed by atoms with Crippen LogP contribution in [0.3, 0.4) is 0 Å². The van der Waals surface area contributed by atoms with Gasteiger partial charge in [-0.25, -0.2) is 0 Å². The zero-order chi connectivity index (χ0) is 18.7. The van der Waals surface area contributed by atoms with Gasteiger partial charge in [0.2, 0.25) is 0 Å². The minimum absolute atomic E-state index is 0.262. The monoisotopic (exact) mass is 342 g/mol. The second kappa shape index (κ2) is 11.4. The highest BCUT2D eigenvalue weighted by Crippen LogP contribution is 2.30.